The predicted octanol–water partition coefficient (Wildman–Crippen LogP) is -1.82. The van der Waals surface area contributed by atoms with Crippen molar-refractivity contribution in [3.8, 4) is 0 Å². The number of rotatable bonds is 6. The Morgan fingerprint density at radius 2 is 1.93 bits per heavy atom. The van der Waals surface area contributed by atoms with Gasteiger partial charge in [-0.15, -0.1) is 0 Å². The van der Waals surface area contributed by atoms with Crippen molar-refractivity contribution in [1.82, 2.24) is 19.5 Å². The smallest absolute Gasteiger partial charge is 0.387 e. The van der Waals surface area contributed by atoms with Crippen LogP contribution in [0.3, 0.4) is 0 Å². The van der Waals surface area contributed by atoms with Crippen LogP contribution in [0.2, 0.25) is 0 Å². The van der Waals surface area contributed by atoms with Crippen LogP contribution in [0.5, 0.6) is 0 Å². The number of fused-ring (bicyclic) bond motifs is 1. The molecular formula is C11H19N5O11P2. The van der Waals surface area contributed by atoms with E-state index in [1.54, 1.807) is 0 Å². The first kappa shape index (κ1) is 23.6. The number of imidazole rings is 1. The summed E-state index contributed by atoms with van der Waals surface area (Å²) in [6, 6.07) is 0. The Labute approximate surface area is 161 Å². The molecule has 2 unspecified atom stereocenters. The molecule has 18 heteroatoms. The van der Waals surface area contributed by atoms with Crippen molar-refractivity contribution < 1.29 is 47.6 Å². The van der Waals surface area contributed by atoms with Gasteiger partial charge < -0.3 is 35.4 Å². The second-order valence-corrected chi connectivity index (χ2v) is 8.49. The summed E-state index contributed by atoms with van der Waals surface area (Å²) >= 11 is 0. The van der Waals surface area contributed by atoms with E-state index in [0.717, 1.165) is 10.9 Å². The average molecular weight is 459 g/mol. The molecule has 0 saturated carbocycles. The molecule has 8 N–H and O–H groups in total. The molecule has 164 valence electrons. The number of phosphoric acid groups is 2. The van der Waals surface area contributed by atoms with Gasteiger partial charge in [-0.3, -0.25) is 18.9 Å². The zero-order valence-corrected chi connectivity index (χ0v) is 15.4. The summed E-state index contributed by atoms with van der Waals surface area (Å²) in [5.74, 6) is -0.233. The minimum Gasteiger partial charge on any atom is -0.387 e. The summed E-state index contributed by atoms with van der Waals surface area (Å²) in [6.45, 7) is -0.870. The van der Waals surface area contributed by atoms with Crippen molar-refractivity contribution in [1.29, 1.82) is 0 Å². The Morgan fingerprint density at radius 1 is 1.28 bits per heavy atom. The molecule has 0 bridgehead atoms. The van der Waals surface area contributed by atoms with Crippen LogP contribution >= 0.6 is 15.6 Å². The molecule has 29 heavy (non-hydrogen) atoms. The summed E-state index contributed by atoms with van der Waals surface area (Å²) in [6.07, 6.45) is -4.88. The van der Waals surface area contributed by atoms with Gasteiger partial charge >= 0.3 is 15.6 Å². The van der Waals surface area contributed by atoms with Gasteiger partial charge in [0, 0.05) is 0 Å². The van der Waals surface area contributed by atoms with Crippen molar-refractivity contribution >= 4 is 32.8 Å². The lowest BCUT2D eigenvalue weighted by Gasteiger charge is -2.17. The highest BCUT2D eigenvalue weighted by Crippen LogP contribution is 2.57. The van der Waals surface area contributed by atoms with Gasteiger partial charge in [-0.2, -0.15) is 9.29 Å². The third kappa shape index (κ3) is 5.07. The minimum absolute atomic E-state index is 0. The van der Waals surface area contributed by atoms with Crippen LogP contribution in [0, 0.1) is 0 Å². The van der Waals surface area contributed by atoms with E-state index in [9.17, 15) is 29.0 Å². The molecule has 5 atom stereocenters. The maximum absolute atomic E-state index is 11.8. The fourth-order valence-corrected chi connectivity index (χ4v) is 4.15. The Morgan fingerprint density at radius 3 is 2.55 bits per heavy atom. The van der Waals surface area contributed by atoms with Crippen LogP contribution in [-0.2, 0) is 22.7 Å². The topological polar surface area (TPSA) is 253 Å². The van der Waals surface area contributed by atoms with Crippen LogP contribution in [0.4, 0.5) is 5.95 Å². The molecule has 2 aromatic rings. The lowest BCUT2D eigenvalue weighted by Crippen LogP contribution is -2.33. The first-order valence-corrected chi connectivity index (χ1v) is 10.4. The van der Waals surface area contributed by atoms with E-state index >= 15 is 0 Å². The first-order valence-electron chi connectivity index (χ1n) is 7.36. The van der Waals surface area contributed by atoms with Crippen LogP contribution in [-0.4, -0.2) is 69.3 Å². The van der Waals surface area contributed by atoms with Gasteiger partial charge in [0.05, 0.1) is 12.9 Å². The number of hydrogen-bond donors (Lipinski definition) is 7. The highest BCUT2D eigenvalue weighted by molar-refractivity contribution is 7.60. The number of nitrogens with two attached hydrogens (primary N) is 1. The molecule has 16 nitrogen and oxygen atoms in total. The molecule has 3 rings (SSSR count). The molecule has 1 aliphatic rings. The van der Waals surface area contributed by atoms with Crippen molar-refractivity contribution in [2.45, 2.75) is 32.0 Å². The lowest BCUT2D eigenvalue weighted by atomic mass is 10.1. The summed E-state index contributed by atoms with van der Waals surface area (Å²) in [4.78, 5) is 48.1. The normalized spacial score (nSPS) is 26.9. The number of ether oxygens (including phenoxy) is 1. The number of aromatic nitrogens is 4. The van der Waals surface area contributed by atoms with E-state index < -0.39 is 52.4 Å². The van der Waals surface area contributed by atoms with Gasteiger partial charge in [0.15, 0.2) is 17.4 Å². The van der Waals surface area contributed by atoms with Crippen molar-refractivity contribution in [3.63, 3.8) is 0 Å². The summed E-state index contributed by atoms with van der Waals surface area (Å²) in [5, 5.41) is 20.3. The number of aliphatic hydroxyl groups is 2. The van der Waals surface area contributed by atoms with Crippen LogP contribution < -0.4 is 11.3 Å². The van der Waals surface area contributed by atoms with Gasteiger partial charge in [0.2, 0.25) is 5.95 Å². The molecule has 3 heterocycles. The maximum atomic E-state index is 11.8. The van der Waals surface area contributed by atoms with Crippen LogP contribution in [0.1, 0.15) is 13.7 Å². The van der Waals surface area contributed by atoms with E-state index in [0.29, 0.717) is 0 Å². The summed E-state index contributed by atoms with van der Waals surface area (Å²) < 4.78 is 36.6. The quantitative estimate of drug-likeness (QED) is 0.235. The van der Waals surface area contributed by atoms with E-state index in [-0.39, 0.29) is 24.5 Å². The molecule has 1 aliphatic heterocycles. The van der Waals surface area contributed by atoms with Crippen LogP contribution in [0.25, 0.3) is 11.2 Å². The molecule has 1 fully saturated rings. The third-order valence-electron chi connectivity index (χ3n) is 3.67. The second kappa shape index (κ2) is 8.20. The lowest BCUT2D eigenvalue weighted by molar-refractivity contribution is -0.0503. The van der Waals surface area contributed by atoms with Gasteiger partial charge in [-0.1, -0.05) is 7.43 Å². The SMILES string of the molecule is C.Nc1nc2c(ncn2[C@@H]2O[C@H](COP(=O)(O)OP(=O)(O)O)C(O)[C@@H]2O)c(=O)[nH]1. The van der Waals surface area contributed by atoms with E-state index in [2.05, 4.69) is 23.8 Å². The van der Waals surface area contributed by atoms with Crippen molar-refractivity contribution in [2.75, 3.05) is 12.3 Å². The summed E-state index contributed by atoms with van der Waals surface area (Å²) in [5.41, 5.74) is 4.65. The maximum Gasteiger partial charge on any atom is 0.481 e. The number of aliphatic hydroxyl groups excluding tert-OH is 2. The first-order chi connectivity index (χ1) is 12.9. The fraction of sp³-hybridized carbons (Fsp3) is 0.545. The van der Waals surface area contributed by atoms with Gasteiger partial charge in [-0.25, -0.2) is 14.1 Å². The Balaban J connectivity index is 0.00000300. The number of aromatic amines is 1. The second-order valence-electron chi connectivity index (χ2n) is 5.66. The van der Waals surface area contributed by atoms with Crippen molar-refractivity contribution in [3.05, 3.63) is 16.7 Å². The Hall–Kier alpha value is -1.71. The monoisotopic (exact) mass is 459 g/mol. The Kier molecular flexibility index (Phi) is 6.66. The van der Waals surface area contributed by atoms with Gasteiger partial charge in [-0.05, 0) is 0 Å². The number of phosphoric ester groups is 1. The Bertz CT molecular complexity index is 1030. The van der Waals surface area contributed by atoms with Crippen LogP contribution in [0.15, 0.2) is 11.1 Å². The number of anilines is 1. The standard InChI is InChI=1S/C10H15N5O11P2.CH4/c11-10-13-7-4(8(18)14-10)12-2-15(7)9-6(17)5(16)3(25-9)1-24-28(22,23)26-27(19,20)21;/h2-3,5-6,9,16-17H,1H2,(H,22,23)(H2,19,20,21)(H3,11,13,14,18);1H4/t3-,5?,6+,9-;/m1./s1. The number of nitrogens with one attached hydrogen (secondary N) is 1. The molecule has 2 aromatic heterocycles. The number of hydrogen-bond acceptors (Lipinski definition) is 11. The zero-order chi connectivity index (χ0) is 20.9. The predicted molar refractivity (Wildman–Crippen MR) is 94.1 cm³/mol. The molecule has 1 saturated heterocycles. The fourth-order valence-electron chi connectivity index (χ4n) is 2.55. The van der Waals surface area contributed by atoms with Gasteiger partial charge in [0.25, 0.3) is 5.56 Å². The minimum atomic E-state index is -5.32. The van der Waals surface area contributed by atoms with E-state index in [4.69, 9.17) is 20.3 Å². The zero-order valence-electron chi connectivity index (χ0n) is 13.6. The molecule has 0 aromatic carbocycles. The molecule has 0 amide bonds. The number of H-pyrrole nitrogens is 1. The van der Waals surface area contributed by atoms with E-state index in [1.807, 2.05) is 0 Å². The molecular weight excluding hydrogens is 440 g/mol. The van der Waals surface area contributed by atoms with Gasteiger partial charge in [0.1, 0.15) is 18.3 Å². The average Bonchev–Trinajstić information content (AvgIpc) is 3.06. The highest BCUT2D eigenvalue weighted by atomic mass is 31.3. The molecule has 0 aliphatic carbocycles. The summed E-state index contributed by atoms with van der Waals surface area (Å²) in [7, 11) is -10.5. The van der Waals surface area contributed by atoms with E-state index in [1.165, 1.54) is 0 Å². The third-order valence-corrected chi connectivity index (χ3v) is 5.83. The molecule has 0 radical (unpaired) electrons. The number of nitrogens with zero attached hydrogens (tertiary/aromatic N) is 3. The molecule has 0 spiro atoms. The van der Waals surface area contributed by atoms with Crippen molar-refractivity contribution in [2.24, 2.45) is 0 Å². The largest absolute Gasteiger partial charge is 0.481 e. The number of nitrogen functional groups attached to an aromatic ring is 1. The highest BCUT2D eigenvalue weighted by Gasteiger charge is 2.46.